The van der Waals surface area contributed by atoms with Crippen LogP contribution in [0.25, 0.3) is 0 Å². The Balaban J connectivity index is 2.82. The van der Waals surface area contributed by atoms with Crippen molar-refractivity contribution in [1.82, 2.24) is 0 Å². The van der Waals surface area contributed by atoms with E-state index in [1.807, 2.05) is 0 Å². The normalized spacial score (nSPS) is 14.3. The van der Waals surface area contributed by atoms with Gasteiger partial charge in [0.2, 0.25) is 0 Å². The molecule has 0 fully saturated rings. The molecule has 0 saturated heterocycles. The van der Waals surface area contributed by atoms with Crippen molar-refractivity contribution < 1.29 is 19.8 Å². The Morgan fingerprint density at radius 3 is 2.20 bits per heavy atom. The summed E-state index contributed by atoms with van der Waals surface area (Å²) in [4.78, 5) is 21.5. The molecule has 80 valence electrons. The quantitative estimate of drug-likeness (QED) is 0.496. The molecular formula is C10H9IO4. The number of aliphatic carboxylic acids is 1. The number of ketones is 1. The fraction of sp³-hybridized carbons (Fsp3) is 0.200. The molecule has 0 aromatic heterocycles. The zero-order valence-electron chi connectivity index (χ0n) is 7.63. The molecule has 1 aromatic carbocycles. The van der Waals surface area contributed by atoms with Gasteiger partial charge < -0.3 is 10.2 Å². The summed E-state index contributed by atoms with van der Waals surface area (Å²) in [5.74, 6) is -2.52. The van der Waals surface area contributed by atoms with Gasteiger partial charge in [0.1, 0.15) is 3.92 Å². The van der Waals surface area contributed by atoms with Gasteiger partial charge in [-0.25, -0.2) is 4.79 Å². The summed E-state index contributed by atoms with van der Waals surface area (Å²) in [7, 11) is 0. The highest BCUT2D eigenvalue weighted by Crippen LogP contribution is 2.23. The average molecular weight is 320 g/mol. The van der Waals surface area contributed by atoms with E-state index in [1.54, 1.807) is 52.9 Å². The van der Waals surface area contributed by atoms with Crippen LogP contribution in [0.15, 0.2) is 30.3 Å². The van der Waals surface area contributed by atoms with Crippen LogP contribution in [0.1, 0.15) is 11.7 Å². The van der Waals surface area contributed by atoms with E-state index in [0.29, 0.717) is 5.56 Å². The van der Waals surface area contributed by atoms with Crippen molar-refractivity contribution in [2.75, 3.05) is 0 Å². The van der Waals surface area contributed by atoms with Crippen molar-refractivity contribution in [3.63, 3.8) is 0 Å². The Hall–Kier alpha value is -0.950. The lowest BCUT2D eigenvalue weighted by atomic mass is 10.0. The van der Waals surface area contributed by atoms with Crippen LogP contribution in [-0.2, 0) is 9.59 Å². The summed E-state index contributed by atoms with van der Waals surface area (Å²) in [6.45, 7) is 0. The molecule has 0 amide bonds. The number of benzene rings is 1. The average Bonchev–Trinajstić information content (AvgIpc) is 2.27. The maximum Gasteiger partial charge on any atom is 0.373 e. The Bertz CT molecular complexity index is 363. The molecule has 0 saturated carbocycles. The number of carboxylic acid groups (broad SMARTS) is 1. The van der Waals surface area contributed by atoms with Crippen LogP contribution < -0.4 is 0 Å². The molecule has 1 rings (SSSR count). The molecular weight excluding hydrogens is 311 g/mol. The minimum Gasteiger partial charge on any atom is -0.475 e. The topological polar surface area (TPSA) is 74.6 Å². The molecule has 1 aromatic rings. The molecule has 0 radical (unpaired) electrons. The van der Waals surface area contributed by atoms with E-state index in [-0.39, 0.29) is 0 Å². The van der Waals surface area contributed by atoms with E-state index in [0.717, 1.165) is 0 Å². The van der Waals surface area contributed by atoms with E-state index < -0.39 is 21.8 Å². The number of aliphatic hydroxyl groups excluding tert-OH is 1. The summed E-state index contributed by atoms with van der Waals surface area (Å²) >= 11 is 1.63. The summed E-state index contributed by atoms with van der Waals surface area (Å²) in [6.07, 6.45) is -1.09. The van der Waals surface area contributed by atoms with Gasteiger partial charge in [-0.1, -0.05) is 52.9 Å². The van der Waals surface area contributed by atoms with Crippen molar-refractivity contribution in [3.05, 3.63) is 35.9 Å². The first-order valence-electron chi connectivity index (χ1n) is 4.18. The number of Topliss-reactive ketones (excluding diaryl/α,β-unsaturated/α-hetero) is 1. The first kappa shape index (κ1) is 12.1. The molecule has 5 heteroatoms. The predicted octanol–water partition coefficient (Wildman–Crippen LogP) is 1.18. The number of hydrogen-bond acceptors (Lipinski definition) is 3. The van der Waals surface area contributed by atoms with Crippen molar-refractivity contribution in [2.45, 2.75) is 10.0 Å². The van der Waals surface area contributed by atoms with Crippen molar-refractivity contribution in [2.24, 2.45) is 0 Å². The first-order chi connectivity index (χ1) is 7.04. The zero-order chi connectivity index (χ0) is 11.4. The molecule has 4 nitrogen and oxygen atoms in total. The second kappa shape index (κ2) is 5.22. The summed E-state index contributed by atoms with van der Waals surface area (Å²) in [5, 5.41) is 18.2. The molecule has 15 heavy (non-hydrogen) atoms. The predicted molar refractivity (Wildman–Crippen MR) is 61.9 cm³/mol. The molecule has 0 spiro atoms. The monoisotopic (exact) mass is 320 g/mol. The SMILES string of the molecule is O=C(O)C(=O)[C@@H](I)[C@@H](O)c1ccccc1. The van der Waals surface area contributed by atoms with Gasteiger partial charge in [0, 0.05) is 0 Å². The highest BCUT2D eigenvalue weighted by atomic mass is 127. The van der Waals surface area contributed by atoms with Crippen LogP contribution in [0.5, 0.6) is 0 Å². The van der Waals surface area contributed by atoms with Crippen molar-refractivity contribution >= 4 is 34.3 Å². The summed E-state index contributed by atoms with van der Waals surface area (Å²) < 4.78 is -0.970. The van der Waals surface area contributed by atoms with E-state index in [1.165, 1.54) is 0 Å². The summed E-state index contributed by atoms with van der Waals surface area (Å²) in [6, 6.07) is 8.49. The van der Waals surface area contributed by atoms with Gasteiger partial charge >= 0.3 is 5.97 Å². The van der Waals surface area contributed by atoms with Crippen LogP contribution in [0.3, 0.4) is 0 Å². The number of carboxylic acids is 1. The number of alkyl halides is 1. The first-order valence-corrected chi connectivity index (χ1v) is 5.43. The molecule has 0 bridgehead atoms. The molecule has 0 unspecified atom stereocenters. The highest BCUT2D eigenvalue weighted by Gasteiger charge is 2.29. The molecule has 2 N–H and O–H groups in total. The van der Waals surface area contributed by atoms with E-state index in [9.17, 15) is 14.7 Å². The van der Waals surface area contributed by atoms with Gasteiger partial charge in [0.05, 0.1) is 6.10 Å². The number of hydrogen-bond donors (Lipinski definition) is 2. The summed E-state index contributed by atoms with van der Waals surface area (Å²) in [5.41, 5.74) is 0.534. The highest BCUT2D eigenvalue weighted by molar-refractivity contribution is 14.1. The lowest BCUT2D eigenvalue weighted by molar-refractivity contribution is -0.149. The number of rotatable bonds is 4. The second-order valence-electron chi connectivity index (χ2n) is 2.93. The van der Waals surface area contributed by atoms with Crippen LogP contribution in [-0.4, -0.2) is 25.9 Å². The Morgan fingerprint density at radius 1 is 1.20 bits per heavy atom. The smallest absolute Gasteiger partial charge is 0.373 e. The number of carbonyl (C=O) groups is 2. The minimum absolute atomic E-state index is 0.534. The number of carbonyl (C=O) groups excluding carboxylic acids is 1. The van der Waals surface area contributed by atoms with Crippen LogP contribution in [0, 0.1) is 0 Å². The number of aliphatic hydroxyl groups is 1. The van der Waals surface area contributed by atoms with Gasteiger partial charge in [0.15, 0.2) is 0 Å². The van der Waals surface area contributed by atoms with Crippen molar-refractivity contribution in [3.8, 4) is 0 Å². The molecule has 0 aliphatic heterocycles. The fourth-order valence-corrected chi connectivity index (χ4v) is 1.76. The number of halogens is 1. The molecule has 2 atom stereocenters. The van der Waals surface area contributed by atoms with Crippen LogP contribution >= 0.6 is 22.6 Å². The minimum atomic E-state index is -1.52. The van der Waals surface area contributed by atoms with Gasteiger partial charge in [-0.15, -0.1) is 0 Å². The lowest BCUT2D eigenvalue weighted by Gasteiger charge is -2.14. The van der Waals surface area contributed by atoms with Crippen LogP contribution in [0.4, 0.5) is 0 Å². The van der Waals surface area contributed by atoms with E-state index in [4.69, 9.17) is 5.11 Å². The lowest BCUT2D eigenvalue weighted by Crippen LogP contribution is -2.28. The molecule has 0 heterocycles. The third-order valence-corrected chi connectivity index (χ3v) is 3.13. The van der Waals surface area contributed by atoms with Crippen LogP contribution in [0.2, 0.25) is 0 Å². The van der Waals surface area contributed by atoms with Gasteiger partial charge in [-0.2, -0.15) is 0 Å². The Kier molecular flexibility index (Phi) is 4.22. The Morgan fingerprint density at radius 2 is 1.73 bits per heavy atom. The largest absolute Gasteiger partial charge is 0.475 e. The third-order valence-electron chi connectivity index (χ3n) is 1.88. The molecule has 0 aliphatic rings. The van der Waals surface area contributed by atoms with Gasteiger partial charge in [-0.3, -0.25) is 4.79 Å². The van der Waals surface area contributed by atoms with E-state index in [2.05, 4.69) is 0 Å². The third kappa shape index (κ3) is 3.00. The fourth-order valence-electron chi connectivity index (χ4n) is 1.08. The zero-order valence-corrected chi connectivity index (χ0v) is 9.79. The standard InChI is InChI=1S/C10H9IO4/c11-7(9(13)10(14)15)8(12)6-4-2-1-3-5-6/h1-5,7-8,12H,(H,14,15)/t7-,8-/m0/s1. The Labute approximate surface area is 100 Å². The maximum absolute atomic E-state index is 11.1. The molecule has 0 aliphatic carbocycles. The van der Waals surface area contributed by atoms with E-state index >= 15 is 0 Å². The van der Waals surface area contributed by atoms with Crippen molar-refractivity contribution in [1.29, 1.82) is 0 Å². The van der Waals surface area contributed by atoms with Gasteiger partial charge in [-0.05, 0) is 5.56 Å². The maximum atomic E-state index is 11.1. The van der Waals surface area contributed by atoms with Gasteiger partial charge in [0.25, 0.3) is 5.78 Å². The second-order valence-corrected chi connectivity index (χ2v) is 4.27.